The zero-order valence-corrected chi connectivity index (χ0v) is 10.5. The van der Waals surface area contributed by atoms with Crippen molar-refractivity contribution in [3.8, 4) is 0 Å². The van der Waals surface area contributed by atoms with E-state index in [9.17, 15) is 0 Å². The van der Waals surface area contributed by atoms with Crippen molar-refractivity contribution in [2.75, 3.05) is 6.54 Å². The van der Waals surface area contributed by atoms with Crippen LogP contribution in [0.1, 0.15) is 27.2 Å². The summed E-state index contributed by atoms with van der Waals surface area (Å²) in [5.74, 6) is 0. The standard InChI is InChI=1S/C9H23NSi.ClH/c1-4-11(5-2,6-3)9-7-8-10;/h4-10H2,1-3H3;1H. The lowest BCUT2D eigenvalue weighted by Crippen LogP contribution is -2.31. The van der Waals surface area contributed by atoms with E-state index in [2.05, 4.69) is 20.8 Å². The molecule has 0 aromatic rings. The van der Waals surface area contributed by atoms with Gasteiger partial charge in [0, 0.05) is 0 Å². The Morgan fingerprint density at radius 1 is 1.00 bits per heavy atom. The van der Waals surface area contributed by atoms with Crippen LogP contribution < -0.4 is 5.73 Å². The molecule has 0 radical (unpaired) electrons. The van der Waals surface area contributed by atoms with Gasteiger partial charge in [0.25, 0.3) is 0 Å². The van der Waals surface area contributed by atoms with Crippen molar-refractivity contribution in [1.29, 1.82) is 0 Å². The molecule has 0 saturated heterocycles. The van der Waals surface area contributed by atoms with Gasteiger partial charge in [-0.25, -0.2) is 0 Å². The lowest BCUT2D eigenvalue weighted by atomic mass is 10.5. The largest absolute Gasteiger partial charge is 0.330 e. The molecular formula is C9H24ClNSi. The van der Waals surface area contributed by atoms with E-state index in [1.807, 2.05) is 0 Å². The Bertz CT molecular complexity index is 86.3. The molecule has 0 spiro atoms. The van der Waals surface area contributed by atoms with Gasteiger partial charge >= 0.3 is 0 Å². The summed E-state index contributed by atoms with van der Waals surface area (Å²) in [5.41, 5.74) is 5.52. The summed E-state index contributed by atoms with van der Waals surface area (Å²) in [6.45, 7) is 7.95. The summed E-state index contributed by atoms with van der Waals surface area (Å²) in [4.78, 5) is 0. The molecule has 0 aliphatic heterocycles. The Kier molecular flexibility index (Phi) is 10.1. The lowest BCUT2D eigenvalue weighted by molar-refractivity contribution is 0.892. The van der Waals surface area contributed by atoms with Crippen LogP contribution in [0.5, 0.6) is 0 Å². The maximum absolute atomic E-state index is 5.52. The number of hydrogen-bond acceptors (Lipinski definition) is 1. The Hall–Kier alpha value is 0.467. The van der Waals surface area contributed by atoms with E-state index in [0.29, 0.717) is 0 Å². The maximum Gasteiger partial charge on any atom is 0.0528 e. The molecule has 0 saturated carbocycles. The topological polar surface area (TPSA) is 26.0 Å². The van der Waals surface area contributed by atoms with Gasteiger partial charge in [-0.1, -0.05) is 44.9 Å². The van der Waals surface area contributed by atoms with Crippen molar-refractivity contribution in [2.24, 2.45) is 5.73 Å². The highest BCUT2D eigenvalue weighted by atomic mass is 35.5. The van der Waals surface area contributed by atoms with Crippen molar-refractivity contribution in [1.82, 2.24) is 0 Å². The molecule has 0 atom stereocenters. The fourth-order valence-electron chi connectivity index (χ4n) is 1.76. The van der Waals surface area contributed by atoms with E-state index in [-0.39, 0.29) is 12.4 Å². The molecule has 0 fully saturated rings. The molecule has 0 aromatic heterocycles. The highest BCUT2D eigenvalue weighted by molar-refractivity contribution is 6.79. The van der Waals surface area contributed by atoms with Crippen molar-refractivity contribution in [3.05, 3.63) is 0 Å². The van der Waals surface area contributed by atoms with Crippen LogP contribution in [0.25, 0.3) is 0 Å². The first-order valence-electron chi connectivity index (χ1n) is 4.94. The molecular weight excluding hydrogens is 186 g/mol. The molecule has 0 unspecified atom stereocenters. The van der Waals surface area contributed by atoms with Gasteiger partial charge in [0.1, 0.15) is 0 Å². The van der Waals surface area contributed by atoms with Gasteiger partial charge in [0.15, 0.2) is 0 Å². The van der Waals surface area contributed by atoms with Crippen LogP contribution in [0.4, 0.5) is 0 Å². The smallest absolute Gasteiger partial charge is 0.0528 e. The molecule has 0 heterocycles. The Morgan fingerprint density at radius 3 is 1.67 bits per heavy atom. The predicted octanol–water partition coefficient (Wildman–Crippen LogP) is 3.27. The third kappa shape index (κ3) is 4.48. The van der Waals surface area contributed by atoms with Crippen LogP contribution in [0.2, 0.25) is 24.2 Å². The molecule has 3 heteroatoms. The third-order valence-corrected chi connectivity index (χ3v) is 9.08. The molecule has 1 nitrogen and oxygen atoms in total. The van der Waals surface area contributed by atoms with Gasteiger partial charge in [-0.05, 0) is 13.0 Å². The number of halogens is 1. The van der Waals surface area contributed by atoms with E-state index in [1.165, 1.54) is 30.6 Å². The van der Waals surface area contributed by atoms with Crippen LogP contribution >= 0.6 is 12.4 Å². The summed E-state index contributed by atoms with van der Waals surface area (Å²) in [6, 6.07) is 5.78. The highest BCUT2D eigenvalue weighted by Gasteiger charge is 2.24. The maximum atomic E-state index is 5.52. The Morgan fingerprint density at radius 2 is 1.42 bits per heavy atom. The van der Waals surface area contributed by atoms with Crippen LogP contribution in [-0.4, -0.2) is 14.6 Å². The number of nitrogens with two attached hydrogens (primary N) is 1. The second-order valence-corrected chi connectivity index (χ2v) is 9.07. The van der Waals surface area contributed by atoms with Crippen LogP contribution in [-0.2, 0) is 0 Å². The Balaban J connectivity index is 0. The predicted molar refractivity (Wildman–Crippen MR) is 62.9 cm³/mol. The summed E-state index contributed by atoms with van der Waals surface area (Å²) in [5, 5.41) is 0. The SMILES string of the molecule is CC[Si](CC)(CC)CCCN.Cl. The summed E-state index contributed by atoms with van der Waals surface area (Å²) >= 11 is 0. The zero-order chi connectivity index (χ0) is 8.74. The minimum Gasteiger partial charge on any atom is -0.330 e. The van der Waals surface area contributed by atoms with E-state index in [1.54, 1.807) is 0 Å². The second kappa shape index (κ2) is 8.08. The van der Waals surface area contributed by atoms with Crippen molar-refractivity contribution in [2.45, 2.75) is 51.4 Å². The van der Waals surface area contributed by atoms with Gasteiger partial charge in [-0.2, -0.15) is 0 Å². The minimum atomic E-state index is -0.818. The first kappa shape index (κ1) is 15.0. The van der Waals surface area contributed by atoms with Crippen LogP contribution in [0.15, 0.2) is 0 Å². The number of rotatable bonds is 6. The van der Waals surface area contributed by atoms with E-state index in [4.69, 9.17) is 5.73 Å². The molecule has 0 aliphatic rings. The van der Waals surface area contributed by atoms with Gasteiger partial charge < -0.3 is 5.73 Å². The van der Waals surface area contributed by atoms with Gasteiger partial charge in [0.05, 0.1) is 8.07 Å². The quantitative estimate of drug-likeness (QED) is 0.668. The van der Waals surface area contributed by atoms with E-state index >= 15 is 0 Å². The van der Waals surface area contributed by atoms with Gasteiger partial charge in [-0.3, -0.25) is 0 Å². The fraction of sp³-hybridized carbons (Fsp3) is 1.00. The summed E-state index contributed by atoms with van der Waals surface area (Å²) in [6.07, 6.45) is 1.25. The van der Waals surface area contributed by atoms with Gasteiger partial charge in [-0.15, -0.1) is 12.4 Å². The van der Waals surface area contributed by atoms with Crippen LogP contribution in [0, 0.1) is 0 Å². The lowest BCUT2D eigenvalue weighted by Gasteiger charge is -2.27. The average molecular weight is 210 g/mol. The summed E-state index contributed by atoms with van der Waals surface area (Å²) in [7, 11) is -0.818. The summed E-state index contributed by atoms with van der Waals surface area (Å²) < 4.78 is 0. The van der Waals surface area contributed by atoms with E-state index in [0.717, 1.165) is 6.54 Å². The first-order valence-corrected chi connectivity index (χ1v) is 7.77. The molecule has 0 aromatic carbocycles. The van der Waals surface area contributed by atoms with Gasteiger partial charge in [0.2, 0.25) is 0 Å². The Labute approximate surface area is 84.5 Å². The molecule has 0 rings (SSSR count). The molecule has 2 N–H and O–H groups in total. The van der Waals surface area contributed by atoms with Crippen molar-refractivity contribution >= 4 is 20.5 Å². The molecule has 76 valence electrons. The first-order chi connectivity index (χ1) is 5.24. The molecule has 0 bridgehead atoms. The van der Waals surface area contributed by atoms with Crippen molar-refractivity contribution < 1.29 is 0 Å². The highest BCUT2D eigenvalue weighted by Crippen LogP contribution is 2.25. The van der Waals surface area contributed by atoms with Crippen LogP contribution in [0.3, 0.4) is 0 Å². The zero-order valence-electron chi connectivity index (χ0n) is 8.73. The normalized spacial score (nSPS) is 11.0. The monoisotopic (exact) mass is 209 g/mol. The molecule has 12 heavy (non-hydrogen) atoms. The second-order valence-electron chi connectivity index (χ2n) is 3.45. The average Bonchev–Trinajstić information content (AvgIpc) is 2.08. The molecule has 0 amide bonds. The molecule has 0 aliphatic carbocycles. The van der Waals surface area contributed by atoms with E-state index < -0.39 is 8.07 Å². The minimum absolute atomic E-state index is 0. The van der Waals surface area contributed by atoms with Crippen molar-refractivity contribution in [3.63, 3.8) is 0 Å². The fourth-order valence-corrected chi connectivity index (χ4v) is 5.27. The number of hydrogen-bond donors (Lipinski definition) is 1. The third-order valence-electron chi connectivity index (χ3n) is 3.16.